The number of anilines is 8. The van der Waals surface area contributed by atoms with Crippen molar-refractivity contribution in [1.29, 1.82) is 0 Å². The average Bonchev–Trinajstić information content (AvgIpc) is 3.51. The number of benzene rings is 2. The Kier molecular flexibility index (Phi) is 15.8. The molecule has 9 rings (SSSR count). The molecule has 21 heteroatoms. The molecular formula is C52H68F2N12O7. The van der Waals surface area contributed by atoms with Crippen LogP contribution in [0.25, 0.3) is 0 Å². The van der Waals surface area contributed by atoms with Crippen molar-refractivity contribution >= 4 is 70.0 Å². The monoisotopic (exact) mass is 1010 g/mol. The van der Waals surface area contributed by atoms with Gasteiger partial charge in [0.1, 0.15) is 22.9 Å². The summed E-state index contributed by atoms with van der Waals surface area (Å²) in [6, 6.07) is 9.98. The summed E-state index contributed by atoms with van der Waals surface area (Å²) < 4.78 is 42.0. The van der Waals surface area contributed by atoms with E-state index in [1.54, 1.807) is 44.6 Å². The Hall–Kier alpha value is -6.90. The SMILES string of the molecule is COc1cc(C(=O)NC2CCN(C)CC2)ccc1Nc1ncc2c(n1)N(C1CCCCC1)CC(C)(F)C(=O)N2C.COc1cc(C(=O)O)ccc1Nc1ncc2c(n1)N(C1CCCCC1)CC(C)(F)C(=O)N2C. The summed E-state index contributed by atoms with van der Waals surface area (Å²) in [6.07, 6.45) is 15.1. The maximum absolute atomic E-state index is 15.6. The van der Waals surface area contributed by atoms with E-state index in [2.05, 4.69) is 42.8 Å². The Balaban J connectivity index is 0.000000199. The van der Waals surface area contributed by atoms with Gasteiger partial charge in [-0.15, -0.1) is 0 Å². The molecule has 5 heterocycles. The van der Waals surface area contributed by atoms with Gasteiger partial charge in [0.15, 0.2) is 11.6 Å². The molecule has 5 aliphatic rings. The van der Waals surface area contributed by atoms with Crippen LogP contribution in [0.1, 0.15) is 112 Å². The van der Waals surface area contributed by atoms with Gasteiger partial charge in [0.25, 0.3) is 17.7 Å². The maximum Gasteiger partial charge on any atom is 0.335 e. The minimum Gasteiger partial charge on any atom is -0.495 e. The Morgan fingerprint density at radius 3 is 1.51 bits per heavy atom. The van der Waals surface area contributed by atoms with Crippen molar-refractivity contribution < 1.29 is 42.5 Å². The number of nitrogens with one attached hydrogen (secondary N) is 3. The Labute approximate surface area is 425 Å². The van der Waals surface area contributed by atoms with E-state index >= 15 is 8.78 Å². The normalized spacial score (nSPS) is 22.3. The van der Waals surface area contributed by atoms with Crippen LogP contribution in [0.4, 0.5) is 55.1 Å². The third-order valence-electron chi connectivity index (χ3n) is 14.7. The second kappa shape index (κ2) is 22.1. The number of carbonyl (C=O) groups is 4. The van der Waals surface area contributed by atoms with Crippen LogP contribution in [0.15, 0.2) is 48.8 Å². The van der Waals surface area contributed by atoms with E-state index in [-0.39, 0.29) is 48.6 Å². The number of hydrogen-bond donors (Lipinski definition) is 4. The summed E-state index contributed by atoms with van der Waals surface area (Å²) in [5, 5.41) is 18.6. The molecule has 2 atom stereocenters. The van der Waals surface area contributed by atoms with E-state index in [1.807, 2.05) is 9.80 Å². The van der Waals surface area contributed by atoms with Gasteiger partial charge in [-0.3, -0.25) is 14.4 Å². The minimum atomic E-state index is -2.06. The van der Waals surface area contributed by atoms with Crippen LogP contribution in [0.5, 0.6) is 11.5 Å². The minimum absolute atomic E-state index is 0.0608. The summed E-state index contributed by atoms with van der Waals surface area (Å²) in [5.41, 5.74) is -1.50. The van der Waals surface area contributed by atoms with Crippen LogP contribution in [-0.2, 0) is 9.59 Å². The topological polar surface area (TPSA) is 211 Å². The summed E-state index contributed by atoms with van der Waals surface area (Å²) in [6.45, 7) is 4.44. The Morgan fingerprint density at radius 1 is 0.658 bits per heavy atom. The smallest absolute Gasteiger partial charge is 0.335 e. The number of nitrogens with zero attached hydrogens (tertiary/aromatic N) is 9. The molecule has 2 aromatic carbocycles. The zero-order valence-corrected chi connectivity index (χ0v) is 42.8. The second-order valence-electron chi connectivity index (χ2n) is 20.2. The first-order valence-corrected chi connectivity index (χ1v) is 25.2. The molecule has 1 saturated heterocycles. The molecule has 73 heavy (non-hydrogen) atoms. The van der Waals surface area contributed by atoms with E-state index in [1.165, 1.54) is 56.1 Å². The number of piperidine rings is 1. The van der Waals surface area contributed by atoms with Crippen LogP contribution in [0, 0.1) is 0 Å². The zero-order valence-electron chi connectivity index (χ0n) is 42.8. The zero-order chi connectivity index (χ0) is 52.2. The highest BCUT2D eigenvalue weighted by Crippen LogP contribution is 2.41. The molecule has 3 fully saturated rings. The van der Waals surface area contributed by atoms with E-state index in [4.69, 9.17) is 14.5 Å². The molecule has 0 radical (unpaired) electrons. The number of likely N-dealkylation sites (tertiary alicyclic amines) is 1. The highest BCUT2D eigenvalue weighted by Gasteiger charge is 2.46. The van der Waals surface area contributed by atoms with Crippen molar-refractivity contribution in [3.63, 3.8) is 0 Å². The molecular weight excluding hydrogens is 943 g/mol. The number of carboxylic acid groups (broad SMARTS) is 1. The third-order valence-corrected chi connectivity index (χ3v) is 14.7. The van der Waals surface area contributed by atoms with Crippen molar-refractivity contribution in [3.8, 4) is 11.5 Å². The van der Waals surface area contributed by atoms with Crippen LogP contribution < -0.4 is 45.0 Å². The highest BCUT2D eigenvalue weighted by atomic mass is 19.1. The molecule has 0 spiro atoms. The third kappa shape index (κ3) is 11.7. The van der Waals surface area contributed by atoms with Gasteiger partial charge in [-0.1, -0.05) is 38.5 Å². The van der Waals surface area contributed by atoms with E-state index in [9.17, 15) is 24.3 Å². The number of carboxylic acids is 1. The first kappa shape index (κ1) is 52.4. The lowest BCUT2D eigenvalue weighted by Gasteiger charge is -2.36. The quantitative estimate of drug-likeness (QED) is 0.114. The van der Waals surface area contributed by atoms with Gasteiger partial charge in [0.2, 0.25) is 23.2 Å². The first-order chi connectivity index (χ1) is 34.9. The second-order valence-corrected chi connectivity index (χ2v) is 20.2. The van der Waals surface area contributed by atoms with Gasteiger partial charge in [0.05, 0.1) is 56.6 Å². The van der Waals surface area contributed by atoms with E-state index in [0.717, 1.165) is 90.1 Å². The van der Waals surface area contributed by atoms with Gasteiger partial charge >= 0.3 is 5.97 Å². The van der Waals surface area contributed by atoms with Crippen LogP contribution >= 0.6 is 0 Å². The highest BCUT2D eigenvalue weighted by molar-refractivity contribution is 6.04. The number of aromatic carboxylic acids is 1. The lowest BCUT2D eigenvalue weighted by molar-refractivity contribution is -0.128. The Morgan fingerprint density at radius 2 is 1.08 bits per heavy atom. The number of halogens is 2. The van der Waals surface area contributed by atoms with Gasteiger partial charge in [-0.05, 0) is 109 Å². The number of alkyl halides is 2. The van der Waals surface area contributed by atoms with Crippen molar-refractivity contribution in [2.75, 3.05) is 91.8 Å². The van der Waals surface area contributed by atoms with Crippen LogP contribution in [-0.4, -0.2) is 145 Å². The molecule has 4 aromatic rings. The standard InChI is InChI=1S/C29H40FN7O3.C23H28FN5O4/c1-29(30)18-37(21-8-6-5-7-9-21)25-23(36(3)27(29)39)17-31-28(34-25)33-22-11-10-19(16-24(22)40-4)26(38)32-20-12-14-35(2)15-13-20;1-23(24)13-29(15-7-5-4-6-8-15)19-17(28(2)21(23)32)12-25-22(27-19)26-16-10-9-14(20(30)31)11-18(16)33-3/h10-11,16-17,20-21H,5-9,12-15,18H2,1-4H3,(H,32,38)(H,31,33,34);9-12,15H,4-8,13H2,1-3H3,(H,30,31)(H,25,26,27). The molecule has 3 amide bonds. The molecule has 0 bridgehead atoms. The number of aromatic nitrogens is 4. The van der Waals surface area contributed by atoms with Crippen molar-refractivity contribution in [2.24, 2.45) is 0 Å². The van der Waals surface area contributed by atoms with Gasteiger partial charge in [0, 0.05) is 37.8 Å². The summed E-state index contributed by atoms with van der Waals surface area (Å²) in [5.74, 6) is -0.0681. The number of rotatable bonds is 11. The maximum atomic E-state index is 15.6. The predicted molar refractivity (Wildman–Crippen MR) is 276 cm³/mol. The fourth-order valence-corrected chi connectivity index (χ4v) is 10.5. The van der Waals surface area contributed by atoms with Crippen molar-refractivity contribution in [3.05, 3.63) is 59.9 Å². The number of fused-ring (bicyclic) bond motifs is 2. The summed E-state index contributed by atoms with van der Waals surface area (Å²) in [4.78, 5) is 76.9. The summed E-state index contributed by atoms with van der Waals surface area (Å²) in [7, 11) is 8.18. The van der Waals surface area contributed by atoms with E-state index < -0.39 is 29.1 Å². The number of carbonyl (C=O) groups excluding carboxylic acids is 3. The van der Waals surface area contributed by atoms with Crippen molar-refractivity contribution in [2.45, 2.75) is 120 Å². The van der Waals surface area contributed by atoms with Crippen LogP contribution in [0.3, 0.4) is 0 Å². The molecule has 2 unspecified atom stereocenters. The molecule has 3 aliphatic heterocycles. The fraction of sp³-hybridized carbons (Fsp3) is 0.538. The number of methoxy groups -OCH3 is 2. The largest absolute Gasteiger partial charge is 0.495 e. The Bertz CT molecular complexity index is 2670. The van der Waals surface area contributed by atoms with Gasteiger partial charge in [-0.2, -0.15) is 9.97 Å². The number of ether oxygens (including phenoxy) is 2. The first-order valence-electron chi connectivity index (χ1n) is 25.2. The van der Waals surface area contributed by atoms with Gasteiger partial charge < -0.3 is 55.0 Å². The molecule has 2 aromatic heterocycles. The lowest BCUT2D eigenvalue weighted by Crippen LogP contribution is -2.50. The molecule has 19 nitrogen and oxygen atoms in total. The number of amides is 3. The molecule has 2 aliphatic carbocycles. The molecule has 4 N–H and O–H groups in total. The van der Waals surface area contributed by atoms with Gasteiger partial charge in [-0.25, -0.2) is 23.5 Å². The predicted octanol–water partition coefficient (Wildman–Crippen LogP) is 7.67. The number of hydrogen-bond acceptors (Lipinski definition) is 15. The average molecular weight is 1010 g/mol. The van der Waals surface area contributed by atoms with Crippen molar-refractivity contribution in [1.82, 2.24) is 30.2 Å². The lowest BCUT2D eigenvalue weighted by atomic mass is 9.93. The van der Waals surface area contributed by atoms with E-state index in [0.29, 0.717) is 57.4 Å². The fourth-order valence-electron chi connectivity index (χ4n) is 10.5. The molecule has 392 valence electrons. The molecule has 2 saturated carbocycles. The summed E-state index contributed by atoms with van der Waals surface area (Å²) >= 11 is 0. The van der Waals surface area contributed by atoms with Crippen LogP contribution in [0.2, 0.25) is 0 Å².